The molecule has 182 valence electrons. The molecule has 3 aromatic rings. The standard InChI is InChI=1S/C24H21Cl2N3O5S/c1-3-28-24(30)16-5-8-20(34-21-7-4-15(10-11-27)12-22(21)33-2)19(13-16)29-35(31,32)23-9-6-17(25)14-18(23)26/h4-9,12-14,29H,3,10H2,1-2H3,(H,28,30). The van der Waals surface area contributed by atoms with E-state index in [0.717, 1.165) is 5.56 Å². The number of amides is 1. The van der Waals surface area contributed by atoms with Gasteiger partial charge in [0.2, 0.25) is 0 Å². The molecule has 11 heteroatoms. The molecule has 0 aliphatic heterocycles. The summed E-state index contributed by atoms with van der Waals surface area (Å²) < 4.78 is 40.1. The van der Waals surface area contributed by atoms with E-state index in [4.69, 9.17) is 37.9 Å². The molecule has 8 nitrogen and oxygen atoms in total. The lowest BCUT2D eigenvalue weighted by Crippen LogP contribution is -2.23. The smallest absolute Gasteiger partial charge is 0.263 e. The fourth-order valence-corrected chi connectivity index (χ4v) is 4.95. The summed E-state index contributed by atoms with van der Waals surface area (Å²) in [5.74, 6) is 0.352. The second-order valence-corrected chi connectivity index (χ2v) is 9.67. The van der Waals surface area contributed by atoms with Crippen LogP contribution in [0.5, 0.6) is 17.2 Å². The number of methoxy groups -OCH3 is 1. The second kappa shape index (κ2) is 11.3. The summed E-state index contributed by atoms with van der Waals surface area (Å²) in [4.78, 5) is 12.2. The summed E-state index contributed by atoms with van der Waals surface area (Å²) in [5.41, 5.74) is 0.944. The first-order chi connectivity index (χ1) is 16.7. The van der Waals surface area contributed by atoms with Crippen molar-refractivity contribution in [1.82, 2.24) is 5.32 Å². The van der Waals surface area contributed by atoms with Crippen molar-refractivity contribution in [3.8, 4) is 23.3 Å². The molecule has 0 fully saturated rings. The van der Waals surface area contributed by atoms with Crippen molar-refractivity contribution in [1.29, 1.82) is 5.26 Å². The minimum Gasteiger partial charge on any atom is -0.493 e. The maximum atomic E-state index is 13.1. The highest BCUT2D eigenvalue weighted by molar-refractivity contribution is 7.92. The number of nitrogens with zero attached hydrogens (tertiary/aromatic N) is 1. The second-order valence-electron chi connectivity index (χ2n) is 7.17. The van der Waals surface area contributed by atoms with Gasteiger partial charge < -0.3 is 14.8 Å². The van der Waals surface area contributed by atoms with Crippen LogP contribution >= 0.6 is 23.2 Å². The van der Waals surface area contributed by atoms with Crippen molar-refractivity contribution in [2.75, 3.05) is 18.4 Å². The zero-order chi connectivity index (χ0) is 25.6. The van der Waals surface area contributed by atoms with E-state index in [2.05, 4.69) is 16.1 Å². The van der Waals surface area contributed by atoms with E-state index in [1.54, 1.807) is 25.1 Å². The van der Waals surface area contributed by atoms with Gasteiger partial charge in [0, 0.05) is 17.1 Å². The Balaban J connectivity index is 2.06. The zero-order valence-corrected chi connectivity index (χ0v) is 21.1. The van der Waals surface area contributed by atoms with Crippen LogP contribution in [0.3, 0.4) is 0 Å². The van der Waals surface area contributed by atoms with Crippen LogP contribution in [-0.4, -0.2) is 28.0 Å². The summed E-state index contributed by atoms with van der Waals surface area (Å²) in [6.45, 7) is 2.16. The average molecular weight is 534 g/mol. The van der Waals surface area contributed by atoms with E-state index < -0.39 is 10.0 Å². The number of benzene rings is 3. The molecule has 0 unspecified atom stereocenters. The summed E-state index contributed by atoms with van der Waals surface area (Å²) in [7, 11) is -2.73. The first-order valence-electron chi connectivity index (χ1n) is 10.3. The van der Waals surface area contributed by atoms with E-state index in [1.165, 1.54) is 43.5 Å². The molecule has 0 aliphatic rings. The normalized spacial score (nSPS) is 10.8. The molecule has 0 bridgehead atoms. The van der Waals surface area contributed by atoms with Gasteiger partial charge in [-0.05, 0) is 61.0 Å². The minimum absolute atomic E-state index is 0.00271. The largest absolute Gasteiger partial charge is 0.493 e. The number of rotatable bonds is 9. The molecule has 0 heterocycles. The highest BCUT2D eigenvalue weighted by atomic mass is 35.5. The molecule has 35 heavy (non-hydrogen) atoms. The highest BCUT2D eigenvalue weighted by Crippen LogP contribution is 2.38. The lowest BCUT2D eigenvalue weighted by atomic mass is 10.1. The Morgan fingerprint density at radius 1 is 1.03 bits per heavy atom. The Labute approximate surface area is 213 Å². The molecule has 0 aromatic heterocycles. The molecule has 3 aromatic carbocycles. The van der Waals surface area contributed by atoms with Crippen molar-refractivity contribution in [3.63, 3.8) is 0 Å². The van der Waals surface area contributed by atoms with E-state index in [1.807, 2.05) is 0 Å². The van der Waals surface area contributed by atoms with Gasteiger partial charge in [-0.1, -0.05) is 29.3 Å². The van der Waals surface area contributed by atoms with Crippen molar-refractivity contribution >= 4 is 44.8 Å². The van der Waals surface area contributed by atoms with Crippen LogP contribution < -0.4 is 19.5 Å². The number of ether oxygens (including phenoxy) is 2. The predicted molar refractivity (Wildman–Crippen MR) is 134 cm³/mol. The van der Waals surface area contributed by atoms with E-state index in [0.29, 0.717) is 12.3 Å². The van der Waals surface area contributed by atoms with Gasteiger partial charge in [0.1, 0.15) is 4.90 Å². The number of nitrogens with one attached hydrogen (secondary N) is 2. The van der Waals surface area contributed by atoms with Gasteiger partial charge in [-0.25, -0.2) is 8.42 Å². The van der Waals surface area contributed by atoms with E-state index >= 15 is 0 Å². The molecule has 0 saturated carbocycles. The Morgan fingerprint density at radius 2 is 1.77 bits per heavy atom. The molecule has 0 aliphatic carbocycles. The van der Waals surface area contributed by atoms with Crippen molar-refractivity contribution in [2.24, 2.45) is 0 Å². The molecule has 0 spiro atoms. The maximum Gasteiger partial charge on any atom is 0.263 e. The number of halogens is 2. The summed E-state index contributed by atoms with van der Waals surface area (Å²) >= 11 is 12.0. The zero-order valence-electron chi connectivity index (χ0n) is 18.8. The van der Waals surface area contributed by atoms with Crippen LogP contribution in [-0.2, 0) is 16.4 Å². The molecule has 0 saturated heterocycles. The first kappa shape index (κ1) is 26.2. The number of hydrogen-bond donors (Lipinski definition) is 2. The number of anilines is 1. The Bertz CT molecular complexity index is 1400. The van der Waals surface area contributed by atoms with E-state index in [9.17, 15) is 13.2 Å². The summed E-state index contributed by atoms with van der Waals surface area (Å²) in [6.07, 6.45) is 0.185. The predicted octanol–water partition coefficient (Wildman–Crippen LogP) is 5.41. The number of hydrogen-bond acceptors (Lipinski definition) is 6. The van der Waals surface area contributed by atoms with Crippen LogP contribution in [0, 0.1) is 11.3 Å². The van der Waals surface area contributed by atoms with Crippen LogP contribution in [0.1, 0.15) is 22.8 Å². The molecule has 3 rings (SSSR count). The van der Waals surface area contributed by atoms with Crippen molar-refractivity contribution in [3.05, 3.63) is 75.8 Å². The first-order valence-corrected chi connectivity index (χ1v) is 12.5. The molecular formula is C24H21Cl2N3O5S. The average Bonchev–Trinajstić information content (AvgIpc) is 2.80. The van der Waals surface area contributed by atoms with Gasteiger partial charge in [-0.2, -0.15) is 5.26 Å². The molecule has 0 radical (unpaired) electrons. The quantitative estimate of drug-likeness (QED) is 0.379. The highest BCUT2D eigenvalue weighted by Gasteiger charge is 2.22. The lowest BCUT2D eigenvalue weighted by molar-refractivity contribution is 0.0956. The maximum absolute atomic E-state index is 13.1. The third-order valence-electron chi connectivity index (χ3n) is 4.74. The fraction of sp³-hybridized carbons (Fsp3) is 0.167. The van der Waals surface area contributed by atoms with Crippen LogP contribution in [0.4, 0.5) is 5.69 Å². The van der Waals surface area contributed by atoms with Crippen LogP contribution in [0.2, 0.25) is 10.0 Å². The molecule has 2 N–H and O–H groups in total. The van der Waals surface area contributed by atoms with Crippen molar-refractivity contribution < 1.29 is 22.7 Å². The van der Waals surface area contributed by atoms with Crippen LogP contribution in [0.15, 0.2) is 59.5 Å². The lowest BCUT2D eigenvalue weighted by Gasteiger charge is -2.17. The number of carbonyl (C=O) groups is 1. The third-order valence-corrected chi connectivity index (χ3v) is 6.82. The SMILES string of the molecule is CCNC(=O)c1ccc(Oc2ccc(CC#N)cc2OC)c(NS(=O)(=O)c2ccc(Cl)cc2Cl)c1. The van der Waals surface area contributed by atoms with Gasteiger partial charge >= 0.3 is 0 Å². The van der Waals surface area contributed by atoms with Gasteiger partial charge in [0.25, 0.3) is 15.9 Å². The van der Waals surface area contributed by atoms with Gasteiger partial charge in [-0.15, -0.1) is 0 Å². The monoisotopic (exact) mass is 533 g/mol. The van der Waals surface area contributed by atoms with E-state index in [-0.39, 0.29) is 50.0 Å². The van der Waals surface area contributed by atoms with Crippen LogP contribution in [0.25, 0.3) is 0 Å². The number of sulfonamides is 1. The molecule has 1 amide bonds. The summed E-state index contributed by atoms with van der Waals surface area (Å²) in [6, 6.07) is 15.3. The molecular weight excluding hydrogens is 513 g/mol. The topological polar surface area (TPSA) is 118 Å². The summed E-state index contributed by atoms with van der Waals surface area (Å²) in [5, 5.41) is 11.8. The molecule has 0 atom stereocenters. The number of carbonyl (C=O) groups excluding carboxylic acids is 1. The van der Waals surface area contributed by atoms with Gasteiger partial charge in [0.15, 0.2) is 17.2 Å². The Hall–Kier alpha value is -3.45. The number of nitriles is 1. The Kier molecular flexibility index (Phi) is 8.46. The Morgan fingerprint density at radius 3 is 2.43 bits per heavy atom. The minimum atomic E-state index is -4.18. The van der Waals surface area contributed by atoms with Gasteiger partial charge in [-0.3, -0.25) is 9.52 Å². The van der Waals surface area contributed by atoms with Crippen molar-refractivity contribution in [2.45, 2.75) is 18.2 Å². The van der Waals surface area contributed by atoms with Gasteiger partial charge in [0.05, 0.1) is 30.3 Å². The fourth-order valence-electron chi connectivity index (χ4n) is 3.11. The third kappa shape index (κ3) is 6.36.